The van der Waals surface area contributed by atoms with Crippen molar-refractivity contribution < 1.29 is 24.2 Å². The van der Waals surface area contributed by atoms with Crippen LogP contribution in [0.4, 0.5) is 5.69 Å². The second-order valence-electron chi connectivity index (χ2n) is 11.1. The average Bonchev–Trinajstić information content (AvgIpc) is 3.51. The SMILES string of the molecule is C=CCN(CCC)C(=O)[C@H]1[C@H]2C(=O)N(CCO)C(C(=O)N(CC=C)c3c(C)cccc3C)C23CC[C@]1(CC)O3. The van der Waals surface area contributed by atoms with E-state index in [-0.39, 0.29) is 37.4 Å². The van der Waals surface area contributed by atoms with Gasteiger partial charge in [-0.15, -0.1) is 13.2 Å². The number of nitrogens with zero attached hydrogens (tertiary/aromatic N) is 3. The first-order valence-electron chi connectivity index (χ1n) is 14.2. The van der Waals surface area contributed by atoms with Crippen LogP contribution in [0.15, 0.2) is 43.5 Å². The molecule has 3 amide bonds. The molecule has 1 spiro atoms. The van der Waals surface area contributed by atoms with Gasteiger partial charge in [0.2, 0.25) is 11.8 Å². The van der Waals surface area contributed by atoms with Gasteiger partial charge in [-0.2, -0.15) is 0 Å². The van der Waals surface area contributed by atoms with Crippen molar-refractivity contribution in [2.75, 3.05) is 37.7 Å². The largest absolute Gasteiger partial charge is 0.395 e. The number of fused-ring (bicyclic) bond motifs is 1. The summed E-state index contributed by atoms with van der Waals surface area (Å²) in [5.41, 5.74) is 0.709. The minimum Gasteiger partial charge on any atom is -0.395 e. The molecule has 39 heavy (non-hydrogen) atoms. The summed E-state index contributed by atoms with van der Waals surface area (Å²) < 4.78 is 6.88. The number of para-hydroxylation sites is 1. The summed E-state index contributed by atoms with van der Waals surface area (Å²) in [6, 6.07) is 4.91. The summed E-state index contributed by atoms with van der Waals surface area (Å²) in [4.78, 5) is 47.8. The summed E-state index contributed by atoms with van der Waals surface area (Å²) in [5.74, 6) is -2.15. The first kappa shape index (κ1) is 29.0. The van der Waals surface area contributed by atoms with Crippen molar-refractivity contribution >= 4 is 23.4 Å². The minimum atomic E-state index is -1.14. The number of carbonyl (C=O) groups is 3. The Labute approximate surface area is 232 Å². The van der Waals surface area contributed by atoms with Gasteiger partial charge in [-0.05, 0) is 50.7 Å². The molecule has 3 saturated heterocycles. The third-order valence-corrected chi connectivity index (χ3v) is 8.96. The van der Waals surface area contributed by atoms with Crippen LogP contribution in [0.1, 0.15) is 50.7 Å². The molecule has 2 unspecified atom stereocenters. The van der Waals surface area contributed by atoms with E-state index >= 15 is 0 Å². The monoisotopic (exact) mass is 537 g/mol. The van der Waals surface area contributed by atoms with Gasteiger partial charge >= 0.3 is 0 Å². The molecule has 0 aromatic heterocycles. The van der Waals surface area contributed by atoms with Gasteiger partial charge in [-0.1, -0.05) is 44.2 Å². The standard InChI is InChI=1S/C31H43N3O5/c1-7-16-32(17-8-2)27(36)23-24-28(37)34(19-20-35)26(31(24)15-14-30(23,10-4)39-31)29(38)33(18-9-3)25-21(5)12-11-13-22(25)6/h7,9,11-13,23-24,26,35H,1,3,8,10,14-20H2,2,4-6H3/t23-,24+,26?,30+,31?/m1/s1. The molecule has 0 radical (unpaired) electrons. The molecule has 212 valence electrons. The van der Waals surface area contributed by atoms with Crippen LogP contribution < -0.4 is 4.90 Å². The summed E-state index contributed by atoms with van der Waals surface area (Å²) in [5, 5.41) is 9.96. The Morgan fingerprint density at radius 1 is 1.13 bits per heavy atom. The van der Waals surface area contributed by atoms with E-state index in [0.717, 1.165) is 23.2 Å². The molecule has 5 atom stereocenters. The Kier molecular flexibility index (Phi) is 8.38. The number of likely N-dealkylation sites (tertiary alicyclic amines) is 1. The molecule has 2 bridgehead atoms. The predicted octanol–water partition coefficient (Wildman–Crippen LogP) is 3.39. The van der Waals surface area contributed by atoms with Crippen LogP contribution in [-0.2, 0) is 19.1 Å². The summed E-state index contributed by atoms with van der Waals surface area (Å²) in [6.45, 7) is 16.5. The quantitative estimate of drug-likeness (QED) is 0.413. The number of benzene rings is 1. The predicted molar refractivity (Wildman–Crippen MR) is 151 cm³/mol. The number of β-amino-alcohol motifs (C(OH)–C–C–N with tert-alkyl or cyclic N) is 1. The molecule has 0 saturated carbocycles. The molecule has 4 rings (SSSR count). The van der Waals surface area contributed by atoms with Gasteiger partial charge in [0.25, 0.3) is 5.91 Å². The van der Waals surface area contributed by atoms with Gasteiger partial charge in [0.1, 0.15) is 11.6 Å². The van der Waals surface area contributed by atoms with Crippen LogP contribution in [0.3, 0.4) is 0 Å². The molecular formula is C31H43N3O5. The lowest BCUT2D eigenvalue weighted by Gasteiger charge is -2.37. The van der Waals surface area contributed by atoms with Crippen molar-refractivity contribution in [2.45, 2.75) is 70.6 Å². The number of hydrogen-bond donors (Lipinski definition) is 1. The number of ether oxygens (including phenoxy) is 1. The molecule has 1 N–H and O–H groups in total. The van der Waals surface area contributed by atoms with Crippen molar-refractivity contribution in [1.82, 2.24) is 9.80 Å². The maximum atomic E-state index is 14.6. The number of aliphatic hydroxyl groups is 1. The van der Waals surface area contributed by atoms with Crippen LogP contribution in [0, 0.1) is 25.7 Å². The molecule has 8 nitrogen and oxygen atoms in total. The third-order valence-electron chi connectivity index (χ3n) is 8.96. The van der Waals surface area contributed by atoms with Crippen molar-refractivity contribution in [3.63, 3.8) is 0 Å². The highest BCUT2D eigenvalue weighted by Crippen LogP contribution is 2.64. The fourth-order valence-electron chi connectivity index (χ4n) is 7.43. The zero-order valence-electron chi connectivity index (χ0n) is 23.8. The van der Waals surface area contributed by atoms with Crippen molar-refractivity contribution in [3.8, 4) is 0 Å². The van der Waals surface area contributed by atoms with E-state index in [1.54, 1.807) is 22.0 Å². The Morgan fingerprint density at radius 2 is 1.79 bits per heavy atom. The van der Waals surface area contributed by atoms with Crippen LogP contribution in [0.25, 0.3) is 0 Å². The number of amides is 3. The average molecular weight is 538 g/mol. The number of aliphatic hydroxyl groups excluding tert-OH is 1. The summed E-state index contributed by atoms with van der Waals surface area (Å²) in [6.07, 6.45) is 5.82. The van der Waals surface area contributed by atoms with E-state index in [2.05, 4.69) is 13.2 Å². The fraction of sp³-hybridized carbons (Fsp3) is 0.581. The zero-order chi connectivity index (χ0) is 28.5. The van der Waals surface area contributed by atoms with E-state index in [9.17, 15) is 19.5 Å². The Balaban J connectivity index is 1.84. The molecule has 0 aliphatic carbocycles. The highest BCUT2D eigenvalue weighted by molar-refractivity contribution is 6.05. The Hall–Kier alpha value is -2.97. The van der Waals surface area contributed by atoms with E-state index in [4.69, 9.17) is 4.74 Å². The van der Waals surface area contributed by atoms with E-state index < -0.39 is 29.1 Å². The molecule has 3 aliphatic heterocycles. The summed E-state index contributed by atoms with van der Waals surface area (Å²) in [7, 11) is 0. The molecular weight excluding hydrogens is 494 g/mol. The lowest BCUT2D eigenvalue weighted by atomic mass is 9.64. The number of hydrogen-bond acceptors (Lipinski definition) is 5. The Bertz CT molecular complexity index is 1130. The number of rotatable bonds is 12. The lowest BCUT2D eigenvalue weighted by molar-refractivity contribution is -0.151. The highest BCUT2D eigenvalue weighted by Gasteiger charge is 2.79. The van der Waals surface area contributed by atoms with Gasteiger partial charge in [0.15, 0.2) is 0 Å². The van der Waals surface area contributed by atoms with Crippen LogP contribution >= 0.6 is 0 Å². The normalized spacial score (nSPS) is 28.9. The van der Waals surface area contributed by atoms with Gasteiger partial charge in [-0.25, -0.2) is 0 Å². The van der Waals surface area contributed by atoms with E-state index in [1.165, 1.54) is 4.90 Å². The van der Waals surface area contributed by atoms with E-state index in [1.807, 2.05) is 45.9 Å². The fourth-order valence-corrected chi connectivity index (χ4v) is 7.43. The highest BCUT2D eigenvalue weighted by atomic mass is 16.5. The number of anilines is 1. The van der Waals surface area contributed by atoms with Crippen molar-refractivity contribution in [1.29, 1.82) is 0 Å². The lowest BCUT2D eigenvalue weighted by Crippen LogP contribution is -2.57. The first-order valence-corrected chi connectivity index (χ1v) is 14.2. The van der Waals surface area contributed by atoms with Crippen LogP contribution in [0.2, 0.25) is 0 Å². The summed E-state index contributed by atoms with van der Waals surface area (Å²) >= 11 is 0. The van der Waals surface area contributed by atoms with Crippen molar-refractivity contribution in [2.24, 2.45) is 11.8 Å². The molecule has 8 heteroatoms. The van der Waals surface area contributed by atoms with Gasteiger partial charge in [-0.3, -0.25) is 14.4 Å². The maximum Gasteiger partial charge on any atom is 0.253 e. The maximum absolute atomic E-state index is 14.6. The van der Waals surface area contributed by atoms with Gasteiger partial charge in [0.05, 0.1) is 24.0 Å². The molecule has 1 aromatic rings. The molecule has 3 aliphatic rings. The van der Waals surface area contributed by atoms with E-state index in [0.29, 0.717) is 32.4 Å². The Morgan fingerprint density at radius 3 is 2.36 bits per heavy atom. The minimum absolute atomic E-state index is 0.00307. The van der Waals surface area contributed by atoms with Gasteiger partial charge < -0.3 is 24.5 Å². The smallest absolute Gasteiger partial charge is 0.253 e. The molecule has 3 heterocycles. The number of carbonyl (C=O) groups excluding carboxylic acids is 3. The van der Waals surface area contributed by atoms with Crippen LogP contribution in [-0.4, -0.2) is 82.7 Å². The van der Waals surface area contributed by atoms with Crippen molar-refractivity contribution in [3.05, 3.63) is 54.6 Å². The second-order valence-corrected chi connectivity index (χ2v) is 11.1. The van der Waals surface area contributed by atoms with Crippen LogP contribution in [0.5, 0.6) is 0 Å². The second kappa shape index (κ2) is 11.3. The van der Waals surface area contributed by atoms with Gasteiger partial charge in [0, 0.05) is 31.9 Å². The molecule has 1 aromatic carbocycles. The molecule has 3 fully saturated rings. The number of aryl methyl sites for hydroxylation is 2. The first-order chi connectivity index (χ1) is 18.7. The third kappa shape index (κ3) is 4.42. The zero-order valence-corrected chi connectivity index (χ0v) is 23.8. The topological polar surface area (TPSA) is 90.4 Å².